The van der Waals surface area contributed by atoms with E-state index in [9.17, 15) is 0 Å². The molecule has 2 heterocycles. The van der Waals surface area contributed by atoms with Crippen molar-refractivity contribution in [1.29, 1.82) is 0 Å². The number of benzene rings is 1. The standard InChI is InChI=1S/C15H19N3O/c1-3-18-15(14(19-2)10-17-18)12-6-7-13-11(9-12)5-4-8-16-13/h6-7,9-10,16H,3-5,8H2,1-2H3. The van der Waals surface area contributed by atoms with E-state index in [1.807, 2.05) is 4.68 Å². The first-order chi connectivity index (χ1) is 9.33. The van der Waals surface area contributed by atoms with Crippen molar-refractivity contribution in [2.24, 2.45) is 0 Å². The summed E-state index contributed by atoms with van der Waals surface area (Å²) in [5, 5.41) is 7.81. The molecule has 1 aliphatic rings. The number of aromatic nitrogens is 2. The quantitative estimate of drug-likeness (QED) is 0.919. The zero-order valence-electron chi connectivity index (χ0n) is 11.4. The summed E-state index contributed by atoms with van der Waals surface area (Å²) < 4.78 is 7.41. The lowest BCUT2D eigenvalue weighted by atomic mass is 9.99. The van der Waals surface area contributed by atoms with Gasteiger partial charge in [0.15, 0.2) is 5.75 Å². The molecule has 1 aromatic heterocycles. The maximum absolute atomic E-state index is 5.43. The lowest BCUT2D eigenvalue weighted by Crippen LogP contribution is -2.11. The first kappa shape index (κ1) is 12.1. The number of ether oxygens (including phenoxy) is 1. The fourth-order valence-corrected chi connectivity index (χ4v) is 2.67. The van der Waals surface area contributed by atoms with Crippen LogP contribution >= 0.6 is 0 Å². The van der Waals surface area contributed by atoms with E-state index in [4.69, 9.17) is 4.74 Å². The van der Waals surface area contributed by atoms with Crippen molar-refractivity contribution in [1.82, 2.24) is 9.78 Å². The van der Waals surface area contributed by atoms with Crippen LogP contribution in [0.1, 0.15) is 18.9 Å². The third kappa shape index (κ3) is 2.07. The molecule has 4 nitrogen and oxygen atoms in total. The number of nitrogens with zero attached hydrogens (tertiary/aromatic N) is 2. The van der Waals surface area contributed by atoms with Gasteiger partial charge in [-0.2, -0.15) is 5.10 Å². The van der Waals surface area contributed by atoms with E-state index in [0.29, 0.717) is 0 Å². The Balaban J connectivity index is 2.09. The predicted octanol–water partition coefficient (Wildman–Crippen LogP) is 2.94. The largest absolute Gasteiger partial charge is 0.493 e. The summed E-state index contributed by atoms with van der Waals surface area (Å²) in [7, 11) is 1.69. The molecule has 0 spiro atoms. The third-order valence-electron chi connectivity index (χ3n) is 3.64. The second-order valence-corrected chi connectivity index (χ2v) is 4.78. The predicted molar refractivity (Wildman–Crippen MR) is 76.7 cm³/mol. The molecule has 1 aliphatic heterocycles. The average molecular weight is 257 g/mol. The highest BCUT2D eigenvalue weighted by atomic mass is 16.5. The minimum atomic E-state index is 0.838. The molecule has 0 unspecified atom stereocenters. The highest BCUT2D eigenvalue weighted by molar-refractivity contribution is 5.71. The van der Waals surface area contributed by atoms with Gasteiger partial charge in [0.1, 0.15) is 5.69 Å². The van der Waals surface area contributed by atoms with Gasteiger partial charge in [-0.3, -0.25) is 4.68 Å². The Hall–Kier alpha value is -1.97. The zero-order chi connectivity index (χ0) is 13.2. The van der Waals surface area contributed by atoms with Crippen LogP contribution < -0.4 is 10.1 Å². The number of fused-ring (bicyclic) bond motifs is 1. The van der Waals surface area contributed by atoms with Crippen molar-refractivity contribution in [2.75, 3.05) is 19.0 Å². The fourth-order valence-electron chi connectivity index (χ4n) is 2.67. The Morgan fingerprint density at radius 2 is 2.32 bits per heavy atom. The van der Waals surface area contributed by atoms with Gasteiger partial charge in [0.05, 0.1) is 13.3 Å². The van der Waals surface area contributed by atoms with Gasteiger partial charge in [-0.25, -0.2) is 0 Å². The lowest BCUT2D eigenvalue weighted by Gasteiger charge is -2.19. The molecule has 0 bridgehead atoms. The Morgan fingerprint density at radius 3 is 3.11 bits per heavy atom. The molecule has 3 rings (SSSR count). The van der Waals surface area contributed by atoms with E-state index in [0.717, 1.165) is 31.0 Å². The highest BCUT2D eigenvalue weighted by Crippen LogP contribution is 2.33. The lowest BCUT2D eigenvalue weighted by molar-refractivity contribution is 0.416. The van der Waals surface area contributed by atoms with Gasteiger partial charge in [0.25, 0.3) is 0 Å². The monoisotopic (exact) mass is 257 g/mol. The van der Waals surface area contributed by atoms with Gasteiger partial charge in [0.2, 0.25) is 0 Å². The summed E-state index contributed by atoms with van der Waals surface area (Å²) in [5.74, 6) is 0.838. The number of nitrogens with one attached hydrogen (secondary N) is 1. The van der Waals surface area contributed by atoms with E-state index in [1.165, 1.54) is 23.2 Å². The van der Waals surface area contributed by atoms with Gasteiger partial charge in [-0.1, -0.05) is 6.07 Å². The van der Waals surface area contributed by atoms with Crippen molar-refractivity contribution >= 4 is 5.69 Å². The van der Waals surface area contributed by atoms with E-state index >= 15 is 0 Å². The van der Waals surface area contributed by atoms with Crippen LogP contribution in [0.3, 0.4) is 0 Å². The Kier molecular flexibility index (Phi) is 3.15. The van der Waals surface area contributed by atoms with Crippen LogP contribution in [0.4, 0.5) is 5.69 Å². The van der Waals surface area contributed by atoms with Gasteiger partial charge in [-0.05, 0) is 37.5 Å². The Morgan fingerprint density at radius 1 is 1.42 bits per heavy atom. The molecule has 0 fully saturated rings. The first-order valence-electron chi connectivity index (χ1n) is 6.80. The Labute approximate surface area is 113 Å². The number of anilines is 1. The molecule has 0 amide bonds. The minimum Gasteiger partial charge on any atom is -0.493 e. The van der Waals surface area contributed by atoms with Gasteiger partial charge in [0, 0.05) is 24.3 Å². The molecule has 1 N–H and O–H groups in total. The summed E-state index contributed by atoms with van der Waals surface area (Å²) in [6.07, 6.45) is 4.12. The van der Waals surface area contributed by atoms with E-state index < -0.39 is 0 Å². The molecular weight excluding hydrogens is 238 g/mol. The molecule has 2 aromatic rings. The first-order valence-corrected chi connectivity index (χ1v) is 6.80. The molecule has 0 saturated carbocycles. The molecule has 4 heteroatoms. The van der Waals surface area contributed by atoms with E-state index in [2.05, 4.69) is 35.5 Å². The van der Waals surface area contributed by atoms with Gasteiger partial charge >= 0.3 is 0 Å². The average Bonchev–Trinajstić information content (AvgIpc) is 2.89. The molecule has 0 aliphatic carbocycles. The van der Waals surface area contributed by atoms with Crippen molar-refractivity contribution in [3.63, 3.8) is 0 Å². The maximum atomic E-state index is 5.43. The SMILES string of the molecule is CCn1ncc(OC)c1-c1ccc2c(c1)CCCN2. The molecule has 0 atom stereocenters. The Bertz CT molecular complexity index is 568. The van der Waals surface area contributed by atoms with Crippen molar-refractivity contribution in [2.45, 2.75) is 26.3 Å². The van der Waals surface area contributed by atoms with Gasteiger partial charge < -0.3 is 10.1 Å². The molecule has 0 radical (unpaired) electrons. The topological polar surface area (TPSA) is 39.1 Å². The van der Waals surface area contributed by atoms with Crippen LogP contribution in [0.15, 0.2) is 24.4 Å². The van der Waals surface area contributed by atoms with Crippen molar-refractivity contribution in [3.05, 3.63) is 30.0 Å². The minimum absolute atomic E-state index is 0.838. The number of methoxy groups -OCH3 is 1. The van der Waals surface area contributed by atoms with Crippen LogP contribution in [0.5, 0.6) is 5.75 Å². The molecule has 0 saturated heterocycles. The third-order valence-corrected chi connectivity index (χ3v) is 3.64. The molecule has 1 aromatic carbocycles. The fraction of sp³-hybridized carbons (Fsp3) is 0.400. The van der Waals surface area contributed by atoms with Crippen LogP contribution in [-0.4, -0.2) is 23.4 Å². The molecule has 100 valence electrons. The normalized spacial score (nSPS) is 13.8. The smallest absolute Gasteiger partial charge is 0.164 e. The van der Waals surface area contributed by atoms with Crippen LogP contribution in [-0.2, 0) is 13.0 Å². The van der Waals surface area contributed by atoms with Crippen LogP contribution in [0, 0.1) is 0 Å². The second kappa shape index (κ2) is 4.96. The maximum Gasteiger partial charge on any atom is 0.164 e. The molecular formula is C15H19N3O. The van der Waals surface area contributed by atoms with Crippen LogP contribution in [0.25, 0.3) is 11.3 Å². The number of hydrogen-bond donors (Lipinski definition) is 1. The number of rotatable bonds is 3. The number of hydrogen-bond acceptors (Lipinski definition) is 3. The molecule has 19 heavy (non-hydrogen) atoms. The summed E-state index contributed by atoms with van der Waals surface area (Å²) >= 11 is 0. The summed E-state index contributed by atoms with van der Waals surface area (Å²) in [6.45, 7) is 4.01. The van der Waals surface area contributed by atoms with Crippen molar-refractivity contribution in [3.8, 4) is 17.0 Å². The summed E-state index contributed by atoms with van der Waals surface area (Å²) in [4.78, 5) is 0. The number of aryl methyl sites for hydroxylation is 2. The van der Waals surface area contributed by atoms with Crippen LogP contribution in [0.2, 0.25) is 0 Å². The highest BCUT2D eigenvalue weighted by Gasteiger charge is 2.15. The van der Waals surface area contributed by atoms with E-state index in [-0.39, 0.29) is 0 Å². The second-order valence-electron chi connectivity index (χ2n) is 4.78. The summed E-state index contributed by atoms with van der Waals surface area (Å²) in [5.41, 5.74) is 4.89. The van der Waals surface area contributed by atoms with E-state index in [1.54, 1.807) is 13.3 Å². The van der Waals surface area contributed by atoms with Gasteiger partial charge in [-0.15, -0.1) is 0 Å². The zero-order valence-corrected chi connectivity index (χ0v) is 11.4. The summed E-state index contributed by atoms with van der Waals surface area (Å²) in [6, 6.07) is 6.56. The van der Waals surface area contributed by atoms with Crippen molar-refractivity contribution < 1.29 is 4.74 Å².